The largest absolute Gasteiger partial charge is 0.360 e. The lowest BCUT2D eigenvalue weighted by atomic mass is 9.96. The Labute approximate surface area is 154 Å². The van der Waals surface area contributed by atoms with Crippen LogP contribution in [0.2, 0.25) is 0 Å². The van der Waals surface area contributed by atoms with E-state index >= 15 is 0 Å². The van der Waals surface area contributed by atoms with Crippen molar-refractivity contribution in [3.63, 3.8) is 0 Å². The highest BCUT2D eigenvalue weighted by Gasteiger charge is 2.34. The third kappa shape index (κ3) is 4.72. The van der Waals surface area contributed by atoms with Crippen molar-refractivity contribution in [1.82, 2.24) is 14.8 Å². The average molecular weight is 395 g/mol. The van der Waals surface area contributed by atoms with Gasteiger partial charge in [0.25, 0.3) is 0 Å². The Morgan fingerprint density at radius 2 is 2.00 bits per heavy atom. The van der Waals surface area contributed by atoms with Crippen LogP contribution in [-0.2, 0) is 14.8 Å². The van der Waals surface area contributed by atoms with Crippen LogP contribution in [0.3, 0.4) is 0 Å². The summed E-state index contributed by atoms with van der Waals surface area (Å²) >= 11 is 0. The van der Waals surface area contributed by atoms with Crippen molar-refractivity contribution < 1.29 is 17.7 Å². The van der Waals surface area contributed by atoms with E-state index in [-0.39, 0.29) is 46.7 Å². The number of piperidine rings is 1. The van der Waals surface area contributed by atoms with Gasteiger partial charge >= 0.3 is 0 Å². The summed E-state index contributed by atoms with van der Waals surface area (Å²) in [6.45, 7) is 7.09. The molecule has 0 aromatic carbocycles. The molecule has 1 fully saturated rings. The van der Waals surface area contributed by atoms with Crippen molar-refractivity contribution in [2.75, 3.05) is 6.54 Å². The molecule has 144 valence electrons. The highest BCUT2D eigenvalue weighted by Crippen LogP contribution is 2.22. The number of hydrogen-bond donors (Lipinski definition) is 2. The summed E-state index contributed by atoms with van der Waals surface area (Å²) in [6, 6.07) is -1.10. The number of halogens is 1. The van der Waals surface area contributed by atoms with Crippen molar-refractivity contribution in [1.29, 1.82) is 0 Å². The first-order chi connectivity index (χ1) is 11.1. The van der Waals surface area contributed by atoms with Crippen molar-refractivity contribution in [3.8, 4) is 0 Å². The smallest absolute Gasteiger partial charge is 0.246 e. The van der Waals surface area contributed by atoms with Gasteiger partial charge < -0.3 is 15.2 Å². The molecule has 0 saturated carbocycles. The van der Waals surface area contributed by atoms with E-state index < -0.39 is 16.1 Å². The lowest BCUT2D eigenvalue weighted by Crippen LogP contribution is -2.56. The predicted octanol–water partition coefficient (Wildman–Crippen LogP) is 1.11. The van der Waals surface area contributed by atoms with Gasteiger partial charge in [0.05, 0.1) is 6.04 Å². The molecule has 2 rings (SSSR count). The first-order valence-corrected chi connectivity index (χ1v) is 9.64. The van der Waals surface area contributed by atoms with Gasteiger partial charge in [0.1, 0.15) is 10.6 Å². The Balaban J connectivity index is 0.00000312. The van der Waals surface area contributed by atoms with Gasteiger partial charge in [0, 0.05) is 18.6 Å². The summed E-state index contributed by atoms with van der Waals surface area (Å²) in [7, 11) is -3.88. The van der Waals surface area contributed by atoms with Crippen molar-refractivity contribution in [2.45, 2.75) is 70.0 Å². The normalized spacial score (nSPS) is 20.7. The number of aryl methyl sites for hydroxylation is 2. The minimum absolute atomic E-state index is 0. The fraction of sp³-hybridized carbons (Fsp3) is 0.733. The zero-order valence-corrected chi connectivity index (χ0v) is 16.6. The van der Waals surface area contributed by atoms with Gasteiger partial charge in [-0.15, -0.1) is 12.4 Å². The number of carbonyl (C=O) groups excluding carboxylic acids is 1. The second kappa shape index (κ2) is 8.48. The highest BCUT2D eigenvalue weighted by atomic mass is 35.5. The van der Waals surface area contributed by atoms with E-state index in [1.165, 1.54) is 6.92 Å². The van der Waals surface area contributed by atoms with Crippen molar-refractivity contribution in [3.05, 3.63) is 11.5 Å². The van der Waals surface area contributed by atoms with Crippen LogP contribution in [0.5, 0.6) is 0 Å². The van der Waals surface area contributed by atoms with E-state index in [0.29, 0.717) is 6.54 Å². The van der Waals surface area contributed by atoms with Crippen LogP contribution < -0.4 is 10.5 Å². The molecule has 3 unspecified atom stereocenters. The predicted molar refractivity (Wildman–Crippen MR) is 96.0 cm³/mol. The molecule has 1 saturated heterocycles. The third-order valence-electron chi connectivity index (χ3n) is 4.38. The van der Waals surface area contributed by atoms with Gasteiger partial charge in [-0.25, -0.2) is 8.42 Å². The zero-order valence-electron chi connectivity index (χ0n) is 15.0. The van der Waals surface area contributed by atoms with Crippen LogP contribution in [0.15, 0.2) is 9.42 Å². The maximum absolute atomic E-state index is 12.7. The SMILES string of the molecule is Cc1noc(C)c1S(=O)(=O)NC(C)C(=O)N1CCCCC1C(C)N.Cl. The molecule has 3 N–H and O–H groups in total. The van der Waals surface area contributed by atoms with Gasteiger partial charge in [-0.1, -0.05) is 5.16 Å². The molecule has 8 nitrogen and oxygen atoms in total. The molecule has 1 amide bonds. The number of nitrogens with two attached hydrogens (primary N) is 1. The number of aromatic nitrogens is 1. The fourth-order valence-electron chi connectivity index (χ4n) is 3.23. The molecule has 2 heterocycles. The summed E-state index contributed by atoms with van der Waals surface area (Å²) in [4.78, 5) is 14.4. The quantitative estimate of drug-likeness (QED) is 0.772. The molecular formula is C15H27ClN4O4S. The molecule has 1 aliphatic rings. The van der Waals surface area contributed by atoms with Crippen LogP contribution in [0, 0.1) is 13.8 Å². The topological polar surface area (TPSA) is 119 Å². The Bertz CT molecular complexity index is 685. The van der Waals surface area contributed by atoms with E-state index in [1.807, 2.05) is 6.92 Å². The number of nitrogens with one attached hydrogen (secondary N) is 1. The monoisotopic (exact) mass is 394 g/mol. The van der Waals surface area contributed by atoms with E-state index in [4.69, 9.17) is 10.3 Å². The molecule has 0 bridgehead atoms. The summed E-state index contributed by atoms with van der Waals surface area (Å²) in [5, 5.41) is 3.65. The maximum Gasteiger partial charge on any atom is 0.246 e. The molecule has 1 aromatic rings. The fourth-order valence-corrected chi connectivity index (χ4v) is 4.75. The Morgan fingerprint density at radius 1 is 1.36 bits per heavy atom. The number of sulfonamides is 1. The molecule has 1 aliphatic heterocycles. The molecule has 0 spiro atoms. The molecule has 0 aliphatic carbocycles. The zero-order chi connectivity index (χ0) is 18.1. The van der Waals surface area contributed by atoms with E-state index in [0.717, 1.165) is 19.3 Å². The summed E-state index contributed by atoms with van der Waals surface area (Å²) in [5.41, 5.74) is 6.26. The van der Waals surface area contributed by atoms with Crippen LogP contribution in [0.1, 0.15) is 44.6 Å². The van der Waals surface area contributed by atoms with Crippen LogP contribution >= 0.6 is 12.4 Å². The first kappa shape index (κ1) is 21.9. The van der Waals surface area contributed by atoms with Gasteiger partial charge in [0.15, 0.2) is 5.76 Å². The number of amides is 1. The van der Waals surface area contributed by atoms with Gasteiger partial charge in [-0.2, -0.15) is 4.72 Å². The highest BCUT2D eigenvalue weighted by molar-refractivity contribution is 7.89. The summed E-state index contributed by atoms with van der Waals surface area (Å²) in [5.74, 6) is -0.0570. The average Bonchev–Trinajstić information content (AvgIpc) is 2.85. The second-order valence-corrected chi connectivity index (χ2v) is 8.10. The Morgan fingerprint density at radius 3 is 2.52 bits per heavy atom. The number of nitrogens with zero attached hydrogens (tertiary/aromatic N) is 2. The molecule has 25 heavy (non-hydrogen) atoms. The number of hydrogen-bond acceptors (Lipinski definition) is 6. The van der Waals surface area contributed by atoms with Crippen LogP contribution in [0.25, 0.3) is 0 Å². The van der Waals surface area contributed by atoms with E-state index in [1.54, 1.807) is 18.7 Å². The minimum atomic E-state index is -3.88. The van der Waals surface area contributed by atoms with Gasteiger partial charge in [-0.3, -0.25) is 4.79 Å². The molecule has 0 radical (unpaired) electrons. The van der Waals surface area contributed by atoms with E-state index in [2.05, 4.69) is 9.88 Å². The Hall–Kier alpha value is -1.16. The summed E-state index contributed by atoms with van der Waals surface area (Å²) in [6.07, 6.45) is 2.76. The van der Waals surface area contributed by atoms with Crippen molar-refractivity contribution in [2.24, 2.45) is 5.73 Å². The minimum Gasteiger partial charge on any atom is -0.360 e. The molecule has 10 heteroatoms. The number of carbonyl (C=O) groups is 1. The van der Waals surface area contributed by atoms with Gasteiger partial charge in [-0.05, 0) is 47.0 Å². The number of rotatable bonds is 5. The number of likely N-dealkylation sites (tertiary alicyclic amines) is 1. The molecule has 1 aromatic heterocycles. The first-order valence-electron chi connectivity index (χ1n) is 8.16. The second-order valence-electron chi connectivity index (χ2n) is 6.45. The van der Waals surface area contributed by atoms with Crippen LogP contribution in [-0.4, -0.2) is 49.1 Å². The maximum atomic E-state index is 12.7. The lowest BCUT2D eigenvalue weighted by Gasteiger charge is -2.39. The van der Waals surface area contributed by atoms with Gasteiger partial charge in [0.2, 0.25) is 15.9 Å². The van der Waals surface area contributed by atoms with Crippen LogP contribution in [0.4, 0.5) is 0 Å². The van der Waals surface area contributed by atoms with E-state index in [9.17, 15) is 13.2 Å². The molecular weight excluding hydrogens is 368 g/mol. The summed E-state index contributed by atoms with van der Waals surface area (Å²) < 4.78 is 32.4. The lowest BCUT2D eigenvalue weighted by molar-refractivity contribution is -0.136. The Kier molecular flexibility index (Phi) is 7.42. The molecule has 3 atom stereocenters. The third-order valence-corrected chi connectivity index (χ3v) is 6.16. The van der Waals surface area contributed by atoms with Crippen molar-refractivity contribution >= 4 is 28.3 Å². The standard InChI is InChI=1S/C15H26N4O4S.ClH/c1-9(16)13-7-5-6-8-19(13)15(20)11(3)18-24(21,22)14-10(2)17-23-12(14)4;/h9,11,13,18H,5-8,16H2,1-4H3;1H.